The quantitative estimate of drug-likeness (QED) is 0.704. The number of nitrogens with zero attached hydrogens (tertiary/aromatic N) is 1. The largest absolute Gasteiger partial charge is 0.330 e. The zero-order valence-corrected chi connectivity index (χ0v) is 7.89. The van der Waals surface area contributed by atoms with E-state index in [1.807, 2.05) is 24.0 Å². The SMILES string of the molecule is NCCCSCc1cccnc1. The van der Waals surface area contributed by atoms with E-state index in [0.717, 1.165) is 24.5 Å². The van der Waals surface area contributed by atoms with Crippen LogP contribution < -0.4 is 5.73 Å². The fourth-order valence-corrected chi connectivity index (χ4v) is 1.78. The smallest absolute Gasteiger partial charge is 0.0308 e. The molecule has 0 fully saturated rings. The molecule has 0 aromatic carbocycles. The fraction of sp³-hybridized carbons (Fsp3) is 0.444. The minimum absolute atomic E-state index is 0.792. The van der Waals surface area contributed by atoms with Crippen LogP contribution in [0, 0.1) is 0 Å². The third kappa shape index (κ3) is 3.74. The second kappa shape index (κ2) is 6.03. The average Bonchev–Trinajstić information content (AvgIpc) is 2.14. The van der Waals surface area contributed by atoms with Gasteiger partial charge in [0.25, 0.3) is 0 Å². The molecule has 0 spiro atoms. The molecule has 0 radical (unpaired) electrons. The molecule has 0 aliphatic carbocycles. The molecule has 1 heterocycles. The first-order valence-corrected chi connectivity index (χ1v) is 5.25. The first-order valence-electron chi connectivity index (χ1n) is 4.10. The summed E-state index contributed by atoms with van der Waals surface area (Å²) in [7, 11) is 0. The summed E-state index contributed by atoms with van der Waals surface area (Å²) in [6.07, 6.45) is 4.81. The van der Waals surface area contributed by atoms with E-state index in [1.54, 1.807) is 6.20 Å². The average molecular weight is 182 g/mol. The Morgan fingerprint density at radius 3 is 3.08 bits per heavy atom. The highest BCUT2D eigenvalue weighted by Gasteiger charge is 1.91. The Labute approximate surface area is 77.6 Å². The lowest BCUT2D eigenvalue weighted by Crippen LogP contribution is -1.99. The molecular formula is C9H14N2S. The van der Waals surface area contributed by atoms with Gasteiger partial charge in [0.1, 0.15) is 0 Å². The van der Waals surface area contributed by atoms with Crippen LogP contribution in [0.5, 0.6) is 0 Å². The van der Waals surface area contributed by atoms with Crippen LogP contribution in [-0.2, 0) is 5.75 Å². The van der Waals surface area contributed by atoms with Crippen molar-refractivity contribution >= 4 is 11.8 Å². The number of hydrogen-bond acceptors (Lipinski definition) is 3. The monoisotopic (exact) mass is 182 g/mol. The van der Waals surface area contributed by atoms with E-state index < -0.39 is 0 Å². The van der Waals surface area contributed by atoms with Gasteiger partial charge in [0.15, 0.2) is 0 Å². The first kappa shape index (κ1) is 9.55. The topological polar surface area (TPSA) is 38.9 Å². The normalized spacial score (nSPS) is 10.1. The van der Waals surface area contributed by atoms with Gasteiger partial charge < -0.3 is 5.73 Å². The molecule has 12 heavy (non-hydrogen) atoms. The van der Waals surface area contributed by atoms with Crippen molar-refractivity contribution in [2.24, 2.45) is 5.73 Å². The van der Waals surface area contributed by atoms with Gasteiger partial charge in [0, 0.05) is 18.1 Å². The number of pyridine rings is 1. The molecule has 1 rings (SSSR count). The van der Waals surface area contributed by atoms with Gasteiger partial charge in [-0.15, -0.1) is 0 Å². The van der Waals surface area contributed by atoms with E-state index in [0.29, 0.717) is 0 Å². The molecule has 2 nitrogen and oxygen atoms in total. The number of rotatable bonds is 5. The van der Waals surface area contributed by atoms with Gasteiger partial charge in [-0.25, -0.2) is 0 Å². The van der Waals surface area contributed by atoms with Gasteiger partial charge in [-0.3, -0.25) is 4.98 Å². The minimum atomic E-state index is 0.792. The summed E-state index contributed by atoms with van der Waals surface area (Å²) in [6, 6.07) is 4.07. The van der Waals surface area contributed by atoms with Crippen molar-refractivity contribution in [2.45, 2.75) is 12.2 Å². The molecule has 0 aliphatic heterocycles. The Balaban J connectivity index is 2.16. The van der Waals surface area contributed by atoms with Crippen molar-refractivity contribution in [1.29, 1.82) is 0 Å². The van der Waals surface area contributed by atoms with Gasteiger partial charge in [0.05, 0.1) is 0 Å². The summed E-state index contributed by atoms with van der Waals surface area (Å²) in [5, 5.41) is 0. The van der Waals surface area contributed by atoms with Crippen LogP contribution in [-0.4, -0.2) is 17.3 Å². The Hall–Kier alpha value is -0.540. The highest BCUT2D eigenvalue weighted by molar-refractivity contribution is 7.98. The molecule has 0 unspecified atom stereocenters. The van der Waals surface area contributed by atoms with Crippen molar-refractivity contribution in [3.8, 4) is 0 Å². The molecule has 1 aromatic heterocycles. The zero-order chi connectivity index (χ0) is 8.65. The van der Waals surface area contributed by atoms with Gasteiger partial charge in [-0.2, -0.15) is 11.8 Å². The second-order valence-corrected chi connectivity index (χ2v) is 3.66. The molecule has 0 saturated carbocycles. The van der Waals surface area contributed by atoms with E-state index in [2.05, 4.69) is 11.1 Å². The van der Waals surface area contributed by atoms with E-state index >= 15 is 0 Å². The Kier molecular flexibility index (Phi) is 4.80. The summed E-state index contributed by atoms with van der Waals surface area (Å²) in [6.45, 7) is 0.792. The lowest BCUT2D eigenvalue weighted by molar-refractivity contribution is 0.943. The molecule has 0 saturated heterocycles. The summed E-state index contributed by atoms with van der Waals surface area (Å²) in [5.74, 6) is 2.19. The van der Waals surface area contributed by atoms with Gasteiger partial charge in [-0.05, 0) is 30.3 Å². The minimum Gasteiger partial charge on any atom is -0.330 e. The standard InChI is InChI=1S/C9H14N2S/c10-4-2-6-12-8-9-3-1-5-11-7-9/h1,3,5,7H,2,4,6,8,10H2. The summed E-state index contributed by atoms with van der Waals surface area (Å²) in [5.41, 5.74) is 6.67. The number of aromatic nitrogens is 1. The predicted molar refractivity (Wildman–Crippen MR) is 54.1 cm³/mol. The molecule has 2 N–H and O–H groups in total. The Bertz CT molecular complexity index is 201. The number of thioether (sulfide) groups is 1. The molecule has 0 bridgehead atoms. The molecule has 0 atom stereocenters. The third-order valence-corrected chi connectivity index (χ3v) is 2.60. The Morgan fingerprint density at radius 2 is 2.42 bits per heavy atom. The molecule has 0 amide bonds. The van der Waals surface area contributed by atoms with Crippen LogP contribution >= 0.6 is 11.8 Å². The summed E-state index contributed by atoms with van der Waals surface area (Å²) >= 11 is 1.91. The van der Waals surface area contributed by atoms with E-state index in [4.69, 9.17) is 5.73 Å². The van der Waals surface area contributed by atoms with Crippen LogP contribution in [0.1, 0.15) is 12.0 Å². The van der Waals surface area contributed by atoms with E-state index in [-0.39, 0.29) is 0 Å². The number of nitrogens with two attached hydrogens (primary N) is 1. The van der Waals surface area contributed by atoms with Crippen molar-refractivity contribution in [1.82, 2.24) is 4.98 Å². The van der Waals surface area contributed by atoms with Gasteiger partial charge in [0.2, 0.25) is 0 Å². The predicted octanol–water partition coefficient (Wildman–Crippen LogP) is 1.66. The first-order chi connectivity index (χ1) is 5.93. The highest BCUT2D eigenvalue weighted by Crippen LogP contribution is 2.10. The van der Waals surface area contributed by atoms with Gasteiger partial charge in [-0.1, -0.05) is 6.07 Å². The van der Waals surface area contributed by atoms with Crippen molar-refractivity contribution in [3.05, 3.63) is 30.1 Å². The van der Waals surface area contributed by atoms with Crippen molar-refractivity contribution in [3.63, 3.8) is 0 Å². The molecule has 3 heteroatoms. The van der Waals surface area contributed by atoms with Crippen LogP contribution in [0.3, 0.4) is 0 Å². The van der Waals surface area contributed by atoms with Gasteiger partial charge >= 0.3 is 0 Å². The lowest BCUT2D eigenvalue weighted by Gasteiger charge is -1.99. The molecule has 66 valence electrons. The van der Waals surface area contributed by atoms with Crippen LogP contribution in [0.2, 0.25) is 0 Å². The maximum absolute atomic E-state index is 5.38. The van der Waals surface area contributed by atoms with Crippen molar-refractivity contribution in [2.75, 3.05) is 12.3 Å². The van der Waals surface area contributed by atoms with E-state index in [9.17, 15) is 0 Å². The maximum Gasteiger partial charge on any atom is 0.0308 e. The fourth-order valence-electron chi connectivity index (χ4n) is 0.859. The summed E-state index contributed by atoms with van der Waals surface area (Å²) < 4.78 is 0. The Morgan fingerprint density at radius 1 is 1.50 bits per heavy atom. The zero-order valence-electron chi connectivity index (χ0n) is 7.07. The van der Waals surface area contributed by atoms with Crippen molar-refractivity contribution < 1.29 is 0 Å². The van der Waals surface area contributed by atoms with E-state index in [1.165, 1.54) is 5.56 Å². The number of hydrogen-bond donors (Lipinski definition) is 1. The van der Waals surface area contributed by atoms with Crippen LogP contribution in [0.25, 0.3) is 0 Å². The van der Waals surface area contributed by atoms with Crippen LogP contribution in [0.15, 0.2) is 24.5 Å². The lowest BCUT2D eigenvalue weighted by atomic mass is 10.3. The third-order valence-electron chi connectivity index (χ3n) is 1.48. The molecule has 0 aliphatic rings. The maximum atomic E-state index is 5.38. The highest BCUT2D eigenvalue weighted by atomic mass is 32.2. The molecular weight excluding hydrogens is 168 g/mol. The molecule has 1 aromatic rings. The summed E-state index contributed by atoms with van der Waals surface area (Å²) in [4.78, 5) is 4.05. The van der Waals surface area contributed by atoms with Crippen LogP contribution in [0.4, 0.5) is 0 Å². The second-order valence-electron chi connectivity index (χ2n) is 2.56.